The molecule has 0 spiro atoms. The molecule has 0 bridgehead atoms. The topological polar surface area (TPSA) is 37.0 Å². The molecule has 0 amide bonds. The molecule has 0 unspecified atom stereocenters. The molecule has 1 heterocycles. The first-order valence-electron chi connectivity index (χ1n) is 7.89. The smallest absolute Gasteiger partial charge is 0.0726 e. The molecule has 2 rings (SSSR count). The Labute approximate surface area is 128 Å². The van der Waals surface area contributed by atoms with Crippen molar-refractivity contribution >= 4 is 16.6 Å². The molecule has 0 radical (unpaired) electrons. The third kappa shape index (κ3) is 4.71. The number of hydrogen-bond acceptors (Lipinski definition) is 3. The zero-order valence-corrected chi connectivity index (χ0v) is 13.6. The van der Waals surface area contributed by atoms with E-state index in [0.717, 1.165) is 30.8 Å². The Morgan fingerprint density at radius 2 is 1.71 bits per heavy atom. The minimum Gasteiger partial charge on any atom is -0.384 e. The highest BCUT2D eigenvalue weighted by atomic mass is 14.9. The summed E-state index contributed by atoms with van der Waals surface area (Å²) >= 11 is 0. The maximum Gasteiger partial charge on any atom is 0.0726 e. The van der Waals surface area contributed by atoms with Gasteiger partial charge >= 0.3 is 0 Å². The molecule has 0 atom stereocenters. The molecule has 0 aliphatic carbocycles. The van der Waals surface area contributed by atoms with Gasteiger partial charge in [0.2, 0.25) is 0 Å². The van der Waals surface area contributed by atoms with E-state index in [-0.39, 0.29) is 0 Å². The summed E-state index contributed by atoms with van der Waals surface area (Å²) < 4.78 is 0. The molecule has 2 aromatic rings. The van der Waals surface area contributed by atoms with E-state index in [1.807, 2.05) is 6.07 Å². The number of anilines is 1. The lowest BCUT2D eigenvalue weighted by Crippen LogP contribution is -2.20. The average Bonchev–Trinajstić information content (AvgIpc) is 2.44. The van der Waals surface area contributed by atoms with Gasteiger partial charge in [-0.05, 0) is 30.5 Å². The van der Waals surface area contributed by atoms with E-state index in [0.29, 0.717) is 11.8 Å². The first kappa shape index (κ1) is 15.8. The highest BCUT2D eigenvalue weighted by Crippen LogP contribution is 2.23. The molecular weight excluding hydrogens is 258 g/mol. The number of aromatic nitrogens is 1. The molecule has 21 heavy (non-hydrogen) atoms. The van der Waals surface area contributed by atoms with Gasteiger partial charge in [0.25, 0.3) is 0 Å². The van der Waals surface area contributed by atoms with Crippen molar-refractivity contribution in [3.63, 3.8) is 0 Å². The Bertz CT molecular complexity index is 576. The lowest BCUT2D eigenvalue weighted by molar-refractivity contribution is 0.549. The predicted molar refractivity (Wildman–Crippen MR) is 91.6 cm³/mol. The Kier molecular flexibility index (Phi) is 5.57. The fraction of sp³-hybridized carbons (Fsp3) is 0.500. The van der Waals surface area contributed by atoms with Crippen LogP contribution >= 0.6 is 0 Å². The van der Waals surface area contributed by atoms with E-state index in [9.17, 15) is 0 Å². The Morgan fingerprint density at radius 3 is 2.43 bits per heavy atom. The van der Waals surface area contributed by atoms with Gasteiger partial charge in [0, 0.05) is 24.2 Å². The quantitative estimate of drug-likeness (QED) is 0.806. The molecule has 1 aromatic heterocycles. The van der Waals surface area contributed by atoms with E-state index in [1.165, 1.54) is 11.1 Å². The molecule has 0 saturated carbocycles. The van der Waals surface area contributed by atoms with Crippen LogP contribution < -0.4 is 10.6 Å². The normalized spacial score (nSPS) is 11.5. The molecule has 114 valence electrons. The van der Waals surface area contributed by atoms with E-state index in [2.05, 4.69) is 62.6 Å². The number of nitrogens with zero attached hydrogens (tertiary/aromatic N) is 1. The predicted octanol–water partition coefficient (Wildman–Crippen LogP) is 4.05. The zero-order valence-electron chi connectivity index (χ0n) is 13.6. The summed E-state index contributed by atoms with van der Waals surface area (Å²) in [6, 6.07) is 10.5. The number of pyridine rings is 1. The van der Waals surface area contributed by atoms with E-state index in [1.54, 1.807) is 0 Å². The number of para-hydroxylation sites is 1. The summed E-state index contributed by atoms with van der Waals surface area (Å²) in [4.78, 5) is 4.76. The molecule has 3 heteroatoms. The van der Waals surface area contributed by atoms with Crippen LogP contribution in [0.15, 0.2) is 30.3 Å². The van der Waals surface area contributed by atoms with Crippen LogP contribution in [0.5, 0.6) is 0 Å². The van der Waals surface area contributed by atoms with Crippen LogP contribution in [-0.4, -0.2) is 18.1 Å². The average molecular weight is 285 g/mol. The molecular formula is C18H27N3. The third-order valence-electron chi connectivity index (χ3n) is 3.33. The van der Waals surface area contributed by atoms with Crippen molar-refractivity contribution in [2.24, 2.45) is 11.8 Å². The molecule has 2 N–H and O–H groups in total. The van der Waals surface area contributed by atoms with Crippen molar-refractivity contribution in [3.05, 3.63) is 36.0 Å². The number of nitrogens with one attached hydrogen (secondary N) is 2. The van der Waals surface area contributed by atoms with Gasteiger partial charge in [-0.3, -0.25) is 4.98 Å². The van der Waals surface area contributed by atoms with Gasteiger partial charge in [-0.2, -0.15) is 0 Å². The van der Waals surface area contributed by atoms with Gasteiger partial charge in [0.05, 0.1) is 11.2 Å². The van der Waals surface area contributed by atoms with Gasteiger partial charge in [0.1, 0.15) is 0 Å². The highest BCUT2D eigenvalue weighted by molar-refractivity contribution is 5.91. The standard InChI is InChI=1S/C18H27N3/c1-13(2)10-19-12-15-9-18(20-11-14(3)4)16-7-5-6-8-17(16)21-15/h5-9,13-14,19H,10-12H2,1-4H3,(H,20,21). The van der Waals surface area contributed by atoms with Crippen LogP contribution in [0.25, 0.3) is 10.9 Å². The summed E-state index contributed by atoms with van der Waals surface area (Å²) in [7, 11) is 0. The number of rotatable bonds is 7. The number of hydrogen-bond donors (Lipinski definition) is 2. The molecule has 0 aliphatic heterocycles. The van der Waals surface area contributed by atoms with E-state index in [4.69, 9.17) is 4.98 Å². The van der Waals surface area contributed by atoms with Crippen molar-refractivity contribution in [1.29, 1.82) is 0 Å². The Balaban J connectivity index is 2.22. The maximum absolute atomic E-state index is 4.76. The second kappa shape index (κ2) is 7.41. The monoisotopic (exact) mass is 285 g/mol. The first-order valence-corrected chi connectivity index (χ1v) is 7.89. The summed E-state index contributed by atoms with van der Waals surface area (Å²) in [5.41, 5.74) is 3.35. The highest BCUT2D eigenvalue weighted by Gasteiger charge is 2.06. The van der Waals surface area contributed by atoms with Gasteiger partial charge < -0.3 is 10.6 Å². The van der Waals surface area contributed by atoms with Crippen LogP contribution in [-0.2, 0) is 6.54 Å². The fourth-order valence-corrected chi connectivity index (χ4v) is 2.27. The molecule has 0 aliphatic rings. The fourth-order valence-electron chi connectivity index (χ4n) is 2.27. The second-order valence-electron chi connectivity index (χ2n) is 6.48. The van der Waals surface area contributed by atoms with Crippen molar-refractivity contribution in [1.82, 2.24) is 10.3 Å². The lowest BCUT2D eigenvalue weighted by atomic mass is 10.1. The summed E-state index contributed by atoms with van der Waals surface area (Å²) in [6.45, 7) is 11.7. The lowest BCUT2D eigenvalue weighted by Gasteiger charge is -2.14. The van der Waals surface area contributed by atoms with Gasteiger partial charge in [-0.25, -0.2) is 0 Å². The number of fused-ring (bicyclic) bond motifs is 1. The Hall–Kier alpha value is -1.61. The maximum atomic E-state index is 4.76. The first-order chi connectivity index (χ1) is 10.1. The van der Waals surface area contributed by atoms with Crippen LogP contribution in [0.2, 0.25) is 0 Å². The zero-order chi connectivity index (χ0) is 15.2. The minimum atomic E-state index is 0.624. The van der Waals surface area contributed by atoms with Crippen LogP contribution in [0.3, 0.4) is 0 Å². The molecule has 3 nitrogen and oxygen atoms in total. The largest absolute Gasteiger partial charge is 0.384 e. The van der Waals surface area contributed by atoms with Crippen molar-refractivity contribution in [2.45, 2.75) is 34.2 Å². The van der Waals surface area contributed by atoms with Crippen LogP contribution in [0.1, 0.15) is 33.4 Å². The van der Waals surface area contributed by atoms with Gasteiger partial charge in [-0.1, -0.05) is 45.9 Å². The van der Waals surface area contributed by atoms with Gasteiger partial charge in [0.15, 0.2) is 0 Å². The summed E-state index contributed by atoms with van der Waals surface area (Å²) in [6.07, 6.45) is 0. The second-order valence-corrected chi connectivity index (χ2v) is 6.48. The van der Waals surface area contributed by atoms with Gasteiger partial charge in [-0.15, -0.1) is 0 Å². The summed E-state index contributed by atoms with van der Waals surface area (Å²) in [5, 5.41) is 8.23. The Morgan fingerprint density at radius 1 is 1.00 bits per heavy atom. The van der Waals surface area contributed by atoms with E-state index >= 15 is 0 Å². The molecule has 0 fully saturated rings. The van der Waals surface area contributed by atoms with Crippen LogP contribution in [0, 0.1) is 11.8 Å². The molecule has 1 aromatic carbocycles. The molecule has 0 saturated heterocycles. The van der Waals surface area contributed by atoms with Crippen molar-refractivity contribution in [2.75, 3.05) is 18.4 Å². The number of benzene rings is 1. The summed E-state index contributed by atoms with van der Waals surface area (Å²) in [5.74, 6) is 1.28. The third-order valence-corrected chi connectivity index (χ3v) is 3.33. The SMILES string of the molecule is CC(C)CNCc1cc(NCC(C)C)c2ccccc2n1. The minimum absolute atomic E-state index is 0.624. The van der Waals surface area contributed by atoms with Crippen molar-refractivity contribution in [3.8, 4) is 0 Å². The van der Waals surface area contributed by atoms with Crippen molar-refractivity contribution < 1.29 is 0 Å². The van der Waals surface area contributed by atoms with Crippen LogP contribution in [0.4, 0.5) is 5.69 Å². The van der Waals surface area contributed by atoms with E-state index < -0.39 is 0 Å².